The van der Waals surface area contributed by atoms with E-state index in [9.17, 15) is 14.3 Å². The Morgan fingerprint density at radius 3 is 2.97 bits per heavy atom. The largest absolute Gasteiger partial charge is 0.391 e. The lowest BCUT2D eigenvalue weighted by molar-refractivity contribution is 0.0718. The van der Waals surface area contributed by atoms with Gasteiger partial charge in [-0.1, -0.05) is 18.9 Å². The third-order valence-corrected chi connectivity index (χ3v) is 6.15. The number of aromatic nitrogens is 2. The van der Waals surface area contributed by atoms with Crippen molar-refractivity contribution in [2.75, 3.05) is 6.26 Å². The number of pyridine rings is 1. The van der Waals surface area contributed by atoms with Crippen molar-refractivity contribution in [3.63, 3.8) is 0 Å². The maximum Gasteiger partial charge on any atom is 0.253 e. The average molecular weight is 414 g/mol. The predicted molar refractivity (Wildman–Crippen MR) is 113 cm³/mol. The number of halogens is 1. The Kier molecular flexibility index (Phi) is 5.87. The minimum atomic E-state index is -0.548. The summed E-state index contributed by atoms with van der Waals surface area (Å²) < 4.78 is 16.6. The van der Waals surface area contributed by atoms with Gasteiger partial charge in [0.25, 0.3) is 5.91 Å². The minimum Gasteiger partial charge on any atom is -0.391 e. The molecular weight excluding hydrogens is 389 g/mol. The van der Waals surface area contributed by atoms with Gasteiger partial charge in [-0.15, -0.1) is 11.8 Å². The van der Waals surface area contributed by atoms with Crippen LogP contribution in [0.3, 0.4) is 0 Å². The molecule has 1 aliphatic carbocycles. The van der Waals surface area contributed by atoms with E-state index in [1.54, 1.807) is 30.2 Å². The highest BCUT2D eigenvalue weighted by molar-refractivity contribution is 7.98. The normalized spacial score (nSPS) is 19.4. The van der Waals surface area contributed by atoms with Gasteiger partial charge in [-0.3, -0.25) is 4.79 Å². The van der Waals surface area contributed by atoms with Crippen LogP contribution in [0.15, 0.2) is 47.8 Å². The second-order valence-electron chi connectivity index (χ2n) is 7.44. The predicted octanol–water partition coefficient (Wildman–Crippen LogP) is 3.98. The quantitative estimate of drug-likeness (QED) is 0.621. The summed E-state index contributed by atoms with van der Waals surface area (Å²) >= 11 is 1.56. The second-order valence-corrected chi connectivity index (χ2v) is 8.27. The van der Waals surface area contributed by atoms with E-state index in [4.69, 9.17) is 0 Å². The first kappa shape index (κ1) is 19.9. The molecule has 4 rings (SSSR count). The summed E-state index contributed by atoms with van der Waals surface area (Å²) in [6, 6.07) is 8.47. The van der Waals surface area contributed by atoms with Crippen LogP contribution in [0.25, 0.3) is 10.9 Å². The number of aliphatic hydroxyl groups excluding tert-OH is 1. The molecule has 1 aliphatic rings. The molecule has 0 unspecified atom stereocenters. The molecule has 1 amide bonds. The zero-order valence-corrected chi connectivity index (χ0v) is 17.1. The Morgan fingerprint density at radius 2 is 2.17 bits per heavy atom. The molecule has 1 aromatic carbocycles. The van der Waals surface area contributed by atoms with E-state index in [-0.39, 0.29) is 11.9 Å². The van der Waals surface area contributed by atoms with Crippen molar-refractivity contribution in [2.45, 2.75) is 49.4 Å². The molecule has 0 saturated heterocycles. The van der Waals surface area contributed by atoms with Crippen LogP contribution >= 0.6 is 11.8 Å². The van der Waals surface area contributed by atoms with E-state index in [2.05, 4.69) is 10.3 Å². The Bertz CT molecular complexity index is 1040. The van der Waals surface area contributed by atoms with Crippen molar-refractivity contribution in [3.8, 4) is 0 Å². The molecule has 152 valence electrons. The molecule has 2 atom stereocenters. The molecule has 0 bridgehead atoms. The number of amides is 1. The van der Waals surface area contributed by atoms with Crippen molar-refractivity contribution in [3.05, 3.63) is 59.7 Å². The number of fused-ring (bicyclic) bond motifs is 1. The van der Waals surface area contributed by atoms with Gasteiger partial charge < -0.3 is 15.0 Å². The van der Waals surface area contributed by atoms with Crippen LogP contribution in [0.4, 0.5) is 4.39 Å². The standard InChI is InChI=1S/C22H24FN3O2S/c1-29-20-11-14(9-10-24-20)12-26-13-15(21-16(23)5-4-7-18(21)26)22(28)25-17-6-2-3-8-19(17)27/h4-5,7,9-11,13,17,19,27H,2-3,6,8,12H2,1H3,(H,25,28)/t17-,19-/m0/s1. The second kappa shape index (κ2) is 8.55. The van der Waals surface area contributed by atoms with Crippen molar-refractivity contribution in [2.24, 2.45) is 0 Å². The first-order chi connectivity index (χ1) is 14.1. The number of benzene rings is 1. The molecule has 7 heteroatoms. The van der Waals surface area contributed by atoms with Gasteiger partial charge >= 0.3 is 0 Å². The zero-order chi connectivity index (χ0) is 20.4. The maximum atomic E-state index is 14.7. The van der Waals surface area contributed by atoms with Crippen molar-refractivity contribution in [1.29, 1.82) is 0 Å². The summed E-state index contributed by atoms with van der Waals surface area (Å²) in [6.45, 7) is 0.509. The van der Waals surface area contributed by atoms with Gasteiger partial charge in [-0.25, -0.2) is 9.37 Å². The average Bonchev–Trinajstić information content (AvgIpc) is 3.10. The van der Waals surface area contributed by atoms with Crippen LogP contribution in [0.2, 0.25) is 0 Å². The number of aliphatic hydroxyl groups is 1. The Labute approximate surface area is 173 Å². The topological polar surface area (TPSA) is 67.2 Å². The fourth-order valence-electron chi connectivity index (χ4n) is 3.99. The fourth-order valence-corrected chi connectivity index (χ4v) is 4.43. The molecule has 0 radical (unpaired) electrons. The first-order valence-corrected chi connectivity index (χ1v) is 11.0. The van der Waals surface area contributed by atoms with Gasteiger partial charge in [0.1, 0.15) is 5.82 Å². The van der Waals surface area contributed by atoms with Crippen LogP contribution in [0, 0.1) is 5.82 Å². The summed E-state index contributed by atoms with van der Waals surface area (Å²) in [7, 11) is 0. The highest BCUT2D eigenvalue weighted by Crippen LogP contribution is 2.27. The van der Waals surface area contributed by atoms with E-state index >= 15 is 0 Å². The maximum absolute atomic E-state index is 14.7. The molecule has 2 aromatic heterocycles. The third kappa shape index (κ3) is 4.16. The van der Waals surface area contributed by atoms with Crippen molar-refractivity contribution >= 4 is 28.6 Å². The highest BCUT2D eigenvalue weighted by atomic mass is 32.2. The van der Waals surface area contributed by atoms with Crippen LogP contribution in [0.5, 0.6) is 0 Å². The molecule has 2 heterocycles. The molecule has 29 heavy (non-hydrogen) atoms. The van der Waals surface area contributed by atoms with E-state index in [0.717, 1.165) is 29.9 Å². The Hall–Kier alpha value is -2.38. The third-order valence-electron chi connectivity index (χ3n) is 5.51. The highest BCUT2D eigenvalue weighted by Gasteiger charge is 2.27. The van der Waals surface area contributed by atoms with Gasteiger partial charge in [-0.2, -0.15) is 0 Å². The smallest absolute Gasteiger partial charge is 0.253 e. The van der Waals surface area contributed by atoms with Gasteiger partial charge in [-0.05, 0) is 48.9 Å². The van der Waals surface area contributed by atoms with Gasteiger partial charge in [0, 0.05) is 24.3 Å². The lowest BCUT2D eigenvalue weighted by atomic mass is 9.92. The molecule has 1 fully saturated rings. The molecule has 2 N–H and O–H groups in total. The number of hydrogen-bond acceptors (Lipinski definition) is 4. The lowest BCUT2D eigenvalue weighted by Crippen LogP contribution is -2.45. The van der Waals surface area contributed by atoms with Crippen LogP contribution < -0.4 is 5.32 Å². The summed E-state index contributed by atoms with van der Waals surface area (Å²) in [6.07, 6.45) is 8.23. The fraction of sp³-hybridized carbons (Fsp3) is 0.364. The SMILES string of the molecule is CSc1cc(Cn2cc(C(=O)N[C@H]3CCCC[C@@H]3O)c3c(F)cccc32)ccn1. The van der Waals surface area contributed by atoms with E-state index in [1.807, 2.05) is 29.0 Å². The molecule has 5 nitrogen and oxygen atoms in total. The van der Waals surface area contributed by atoms with Gasteiger partial charge in [0.15, 0.2) is 0 Å². The Morgan fingerprint density at radius 1 is 1.34 bits per heavy atom. The first-order valence-electron chi connectivity index (χ1n) is 9.82. The summed E-state index contributed by atoms with van der Waals surface area (Å²) in [5.74, 6) is -0.764. The minimum absolute atomic E-state index is 0.286. The number of rotatable bonds is 5. The molecule has 3 aromatic rings. The van der Waals surface area contributed by atoms with Crippen molar-refractivity contribution < 1.29 is 14.3 Å². The molecule has 1 saturated carbocycles. The Balaban J connectivity index is 1.68. The van der Waals surface area contributed by atoms with Gasteiger partial charge in [0.05, 0.1) is 28.3 Å². The van der Waals surface area contributed by atoms with Crippen molar-refractivity contribution in [1.82, 2.24) is 14.9 Å². The molecule has 0 spiro atoms. The zero-order valence-electron chi connectivity index (χ0n) is 16.3. The van der Waals surface area contributed by atoms with Gasteiger partial charge in [0.2, 0.25) is 0 Å². The van der Waals surface area contributed by atoms with Crippen LogP contribution in [-0.4, -0.2) is 39.0 Å². The summed E-state index contributed by atoms with van der Waals surface area (Å²) in [5.41, 5.74) is 2.00. The van der Waals surface area contributed by atoms with Crippen LogP contribution in [0.1, 0.15) is 41.6 Å². The van der Waals surface area contributed by atoms with E-state index in [1.165, 1.54) is 6.07 Å². The summed E-state index contributed by atoms with van der Waals surface area (Å²) in [5, 5.41) is 14.3. The molecule has 0 aliphatic heterocycles. The number of nitrogens with zero attached hydrogens (tertiary/aromatic N) is 2. The van der Waals surface area contributed by atoms with E-state index in [0.29, 0.717) is 29.4 Å². The van der Waals surface area contributed by atoms with E-state index < -0.39 is 11.9 Å². The molecular formula is C22H24FN3O2S. The number of hydrogen-bond donors (Lipinski definition) is 2. The number of carbonyl (C=O) groups excluding carboxylic acids is 1. The number of thioether (sulfide) groups is 1. The number of nitrogens with one attached hydrogen (secondary N) is 1. The number of carbonyl (C=O) groups is 1. The monoisotopic (exact) mass is 413 g/mol. The summed E-state index contributed by atoms with van der Waals surface area (Å²) in [4.78, 5) is 17.3. The van der Waals surface area contributed by atoms with Crippen LogP contribution in [-0.2, 0) is 6.54 Å². The lowest BCUT2D eigenvalue weighted by Gasteiger charge is -2.28.